The average Bonchev–Trinajstić information content (AvgIpc) is 2.53. The molecule has 1 aromatic rings. The van der Waals surface area contributed by atoms with Gasteiger partial charge in [-0.3, -0.25) is 0 Å². The number of nitrogens with zero attached hydrogens (tertiary/aromatic N) is 2. The van der Waals surface area contributed by atoms with E-state index in [0.29, 0.717) is 17.1 Å². The maximum atomic E-state index is 8.89. The molecule has 0 amide bonds. The fourth-order valence-electron chi connectivity index (χ4n) is 1.56. The van der Waals surface area contributed by atoms with Crippen LogP contribution in [0.5, 0.6) is 5.75 Å². The first-order valence-electron chi connectivity index (χ1n) is 6.02. The largest absolute Gasteiger partial charge is 0.494 e. The van der Waals surface area contributed by atoms with Crippen molar-refractivity contribution in [1.29, 1.82) is 10.5 Å². The Labute approximate surface area is 124 Å². The molecule has 0 unspecified atom stereocenters. The van der Waals surface area contributed by atoms with Gasteiger partial charge in [0.2, 0.25) is 0 Å². The molecule has 4 heteroatoms. The number of allylic oxidation sites excluding steroid dienone is 4. The van der Waals surface area contributed by atoms with E-state index in [4.69, 9.17) is 20.0 Å². The lowest BCUT2D eigenvalue weighted by Gasteiger charge is -2.09. The molecule has 0 aromatic heterocycles. The van der Waals surface area contributed by atoms with Crippen LogP contribution in [0.4, 0.5) is 0 Å². The zero-order valence-corrected chi connectivity index (χ0v) is 11.7. The van der Waals surface area contributed by atoms with Gasteiger partial charge in [0.1, 0.15) is 23.6 Å². The van der Waals surface area contributed by atoms with Crippen LogP contribution in [0.25, 0.3) is 5.76 Å². The SMILES string of the molecule is C=C/C=C(\C=C)Oc1ccc(C(OC)=C(C#N)C#N)cc1. The van der Waals surface area contributed by atoms with Gasteiger partial charge in [-0.25, -0.2) is 0 Å². The molecule has 0 radical (unpaired) electrons. The van der Waals surface area contributed by atoms with Crippen LogP contribution in [0, 0.1) is 22.7 Å². The standard InChI is InChI=1S/C17H14N2O2/c1-4-6-15(5-2)21-16-9-7-13(8-10-16)17(20-3)14(11-18)12-19/h4-10H,1-2H2,3H3/b15-6+. The lowest BCUT2D eigenvalue weighted by Crippen LogP contribution is -1.94. The van der Waals surface area contributed by atoms with Crippen molar-refractivity contribution in [3.8, 4) is 17.9 Å². The van der Waals surface area contributed by atoms with E-state index in [-0.39, 0.29) is 11.3 Å². The number of methoxy groups -OCH3 is 1. The monoisotopic (exact) mass is 278 g/mol. The van der Waals surface area contributed by atoms with Crippen LogP contribution >= 0.6 is 0 Å². The smallest absolute Gasteiger partial charge is 0.172 e. The van der Waals surface area contributed by atoms with Crippen molar-refractivity contribution < 1.29 is 9.47 Å². The minimum absolute atomic E-state index is 0.0792. The molecule has 21 heavy (non-hydrogen) atoms. The number of hydrogen-bond acceptors (Lipinski definition) is 4. The van der Waals surface area contributed by atoms with E-state index in [0.717, 1.165) is 0 Å². The van der Waals surface area contributed by atoms with Gasteiger partial charge >= 0.3 is 0 Å². The number of hydrogen-bond donors (Lipinski definition) is 0. The van der Waals surface area contributed by atoms with Crippen LogP contribution in [-0.4, -0.2) is 7.11 Å². The highest BCUT2D eigenvalue weighted by Gasteiger charge is 2.09. The van der Waals surface area contributed by atoms with Gasteiger partial charge in [0.25, 0.3) is 0 Å². The molecule has 4 nitrogen and oxygen atoms in total. The summed E-state index contributed by atoms with van der Waals surface area (Å²) >= 11 is 0. The lowest BCUT2D eigenvalue weighted by molar-refractivity contribution is 0.368. The third kappa shape index (κ3) is 4.12. The van der Waals surface area contributed by atoms with E-state index in [9.17, 15) is 0 Å². The Hall–Kier alpha value is -3.24. The highest BCUT2D eigenvalue weighted by Crippen LogP contribution is 2.23. The second kappa shape index (κ2) is 8.04. The van der Waals surface area contributed by atoms with Gasteiger partial charge in [-0.05, 0) is 36.4 Å². The van der Waals surface area contributed by atoms with Gasteiger partial charge < -0.3 is 9.47 Å². The van der Waals surface area contributed by atoms with Crippen LogP contribution < -0.4 is 4.74 Å². The topological polar surface area (TPSA) is 66.0 Å². The summed E-state index contributed by atoms with van der Waals surface area (Å²) < 4.78 is 10.7. The Morgan fingerprint density at radius 2 is 1.76 bits per heavy atom. The quantitative estimate of drug-likeness (QED) is 0.452. The molecule has 1 aromatic carbocycles. The van der Waals surface area contributed by atoms with E-state index in [1.165, 1.54) is 7.11 Å². The van der Waals surface area contributed by atoms with Gasteiger partial charge in [-0.1, -0.05) is 19.2 Å². The molecule has 1 rings (SSSR count). The average molecular weight is 278 g/mol. The van der Waals surface area contributed by atoms with Crippen molar-refractivity contribution >= 4 is 5.76 Å². The predicted octanol–water partition coefficient (Wildman–Crippen LogP) is 3.73. The Bertz CT molecular complexity index is 652. The maximum Gasteiger partial charge on any atom is 0.172 e. The molecule has 104 valence electrons. The highest BCUT2D eigenvalue weighted by molar-refractivity contribution is 5.70. The number of nitriles is 2. The summed E-state index contributed by atoms with van der Waals surface area (Å²) in [6.45, 7) is 7.23. The first kappa shape index (κ1) is 15.8. The van der Waals surface area contributed by atoms with E-state index in [1.54, 1.807) is 54.6 Å². The zero-order valence-electron chi connectivity index (χ0n) is 11.7. The van der Waals surface area contributed by atoms with Crippen molar-refractivity contribution in [1.82, 2.24) is 0 Å². The first-order chi connectivity index (χ1) is 10.2. The van der Waals surface area contributed by atoms with E-state index >= 15 is 0 Å². The second-order valence-corrected chi connectivity index (χ2v) is 3.77. The molecule has 0 aliphatic heterocycles. The van der Waals surface area contributed by atoms with Crippen molar-refractivity contribution in [2.24, 2.45) is 0 Å². The molecular formula is C17H14N2O2. The molecule has 0 aliphatic rings. The summed E-state index contributed by atoms with van der Waals surface area (Å²) in [6, 6.07) is 10.4. The van der Waals surface area contributed by atoms with Crippen LogP contribution in [0.1, 0.15) is 5.56 Å². The molecular weight excluding hydrogens is 264 g/mol. The molecule has 0 saturated carbocycles. The summed E-state index contributed by atoms with van der Waals surface area (Å²) in [6.07, 6.45) is 4.85. The lowest BCUT2D eigenvalue weighted by atomic mass is 10.1. The van der Waals surface area contributed by atoms with E-state index in [1.807, 2.05) is 0 Å². The van der Waals surface area contributed by atoms with Crippen molar-refractivity contribution in [3.05, 3.63) is 72.5 Å². The predicted molar refractivity (Wildman–Crippen MR) is 80.7 cm³/mol. The van der Waals surface area contributed by atoms with Crippen LogP contribution in [-0.2, 0) is 4.74 Å². The summed E-state index contributed by atoms with van der Waals surface area (Å²) in [5.74, 6) is 1.39. The fraction of sp³-hybridized carbons (Fsp3) is 0.0588. The minimum atomic E-state index is -0.0792. The Morgan fingerprint density at radius 3 is 2.19 bits per heavy atom. The normalized spacial score (nSPS) is 9.76. The maximum absolute atomic E-state index is 8.89. The summed E-state index contributed by atoms with van der Waals surface area (Å²) in [5.41, 5.74) is 0.542. The summed E-state index contributed by atoms with van der Waals surface area (Å²) in [5, 5.41) is 17.8. The third-order valence-electron chi connectivity index (χ3n) is 2.49. The molecule has 0 N–H and O–H groups in total. The molecule has 0 heterocycles. The highest BCUT2D eigenvalue weighted by atomic mass is 16.5. The van der Waals surface area contributed by atoms with Gasteiger partial charge in [-0.15, -0.1) is 0 Å². The number of benzene rings is 1. The third-order valence-corrected chi connectivity index (χ3v) is 2.49. The number of rotatable bonds is 6. The van der Waals surface area contributed by atoms with E-state index in [2.05, 4.69) is 13.2 Å². The van der Waals surface area contributed by atoms with Crippen LogP contribution in [0.15, 0.2) is 67.0 Å². The molecule has 0 bridgehead atoms. The van der Waals surface area contributed by atoms with Gasteiger partial charge in [0.05, 0.1) is 7.11 Å². The van der Waals surface area contributed by atoms with Crippen LogP contribution in [0.3, 0.4) is 0 Å². The van der Waals surface area contributed by atoms with E-state index < -0.39 is 0 Å². The molecule has 0 aliphatic carbocycles. The molecule has 0 spiro atoms. The molecule has 0 saturated heterocycles. The van der Waals surface area contributed by atoms with Crippen molar-refractivity contribution in [3.63, 3.8) is 0 Å². The molecule has 0 fully saturated rings. The minimum Gasteiger partial charge on any atom is -0.494 e. The van der Waals surface area contributed by atoms with Crippen molar-refractivity contribution in [2.75, 3.05) is 7.11 Å². The van der Waals surface area contributed by atoms with Gasteiger partial charge in [-0.2, -0.15) is 10.5 Å². The molecule has 0 atom stereocenters. The van der Waals surface area contributed by atoms with Crippen molar-refractivity contribution in [2.45, 2.75) is 0 Å². The Kier molecular flexibility index (Phi) is 6.05. The van der Waals surface area contributed by atoms with Crippen LogP contribution in [0.2, 0.25) is 0 Å². The van der Waals surface area contributed by atoms with Gasteiger partial charge in [0, 0.05) is 5.56 Å². The second-order valence-electron chi connectivity index (χ2n) is 3.77. The summed E-state index contributed by atoms with van der Waals surface area (Å²) in [7, 11) is 1.41. The number of ether oxygens (including phenoxy) is 2. The van der Waals surface area contributed by atoms with Gasteiger partial charge in [0.15, 0.2) is 11.3 Å². The zero-order chi connectivity index (χ0) is 15.7. The summed E-state index contributed by atoms with van der Waals surface area (Å²) in [4.78, 5) is 0. The Morgan fingerprint density at radius 1 is 1.14 bits per heavy atom. The first-order valence-corrected chi connectivity index (χ1v) is 6.02. The Balaban J connectivity index is 3.09. The fourth-order valence-corrected chi connectivity index (χ4v) is 1.56.